The highest BCUT2D eigenvalue weighted by molar-refractivity contribution is 4.78. The van der Waals surface area contributed by atoms with Crippen LogP contribution in [0.3, 0.4) is 0 Å². The van der Waals surface area contributed by atoms with Crippen molar-refractivity contribution >= 4 is 0 Å². The first kappa shape index (κ1) is 13.3. The fourth-order valence-electron chi connectivity index (χ4n) is 2.82. The van der Waals surface area contributed by atoms with Crippen molar-refractivity contribution in [2.45, 2.75) is 37.8 Å². The third kappa shape index (κ3) is 4.54. The number of nitrogens with zero attached hydrogens (tertiary/aromatic N) is 1. The van der Waals surface area contributed by atoms with E-state index in [4.69, 9.17) is 4.74 Å². The summed E-state index contributed by atoms with van der Waals surface area (Å²) in [4.78, 5) is 2.57. The third-order valence-electron chi connectivity index (χ3n) is 3.94. The fraction of sp³-hybridized carbons (Fsp3) is 1.00. The number of piperidine rings is 1. The number of ether oxygens (including phenoxy) is 1. The zero-order valence-corrected chi connectivity index (χ0v) is 11.1. The van der Waals surface area contributed by atoms with Gasteiger partial charge in [0.05, 0.1) is 6.61 Å². The molecule has 0 aromatic carbocycles. The van der Waals surface area contributed by atoms with Gasteiger partial charge < -0.3 is 20.3 Å². The lowest BCUT2D eigenvalue weighted by Crippen LogP contribution is -2.47. The molecule has 0 spiro atoms. The molecule has 4 heteroatoms. The van der Waals surface area contributed by atoms with Gasteiger partial charge >= 0.3 is 0 Å². The molecule has 2 rings (SSSR count). The maximum absolute atomic E-state index is 5.47. The number of hydrogen-bond acceptors (Lipinski definition) is 4. The van der Waals surface area contributed by atoms with Crippen LogP contribution in [0, 0.1) is 0 Å². The van der Waals surface area contributed by atoms with Crippen LogP contribution >= 0.6 is 0 Å². The summed E-state index contributed by atoms with van der Waals surface area (Å²) in [6.07, 6.45) is 5.15. The van der Waals surface area contributed by atoms with Gasteiger partial charge in [-0.05, 0) is 39.3 Å². The van der Waals surface area contributed by atoms with Crippen LogP contribution in [0.25, 0.3) is 0 Å². The van der Waals surface area contributed by atoms with Crippen molar-refractivity contribution in [1.29, 1.82) is 0 Å². The lowest BCUT2D eigenvalue weighted by Gasteiger charge is -2.33. The number of likely N-dealkylation sites (N-methyl/N-ethyl adjacent to an activating group) is 1. The van der Waals surface area contributed by atoms with Crippen LogP contribution in [0.4, 0.5) is 0 Å². The van der Waals surface area contributed by atoms with E-state index in [1.54, 1.807) is 0 Å². The minimum atomic E-state index is 0.591. The van der Waals surface area contributed by atoms with Crippen molar-refractivity contribution in [2.75, 3.05) is 46.4 Å². The number of rotatable bonds is 5. The molecule has 0 aromatic heterocycles. The Morgan fingerprint density at radius 2 is 2.12 bits per heavy atom. The van der Waals surface area contributed by atoms with Crippen molar-refractivity contribution in [3.05, 3.63) is 0 Å². The Hall–Kier alpha value is -0.160. The van der Waals surface area contributed by atoms with E-state index < -0.39 is 0 Å². The van der Waals surface area contributed by atoms with E-state index in [1.807, 2.05) is 0 Å². The molecule has 0 radical (unpaired) electrons. The monoisotopic (exact) mass is 241 g/mol. The maximum atomic E-state index is 5.47. The van der Waals surface area contributed by atoms with E-state index >= 15 is 0 Å². The van der Waals surface area contributed by atoms with Gasteiger partial charge in [0.2, 0.25) is 0 Å². The molecule has 2 unspecified atom stereocenters. The Labute approximate surface area is 105 Å². The first-order valence-electron chi connectivity index (χ1n) is 7.09. The summed E-state index contributed by atoms with van der Waals surface area (Å²) in [5, 5.41) is 7.01. The molecule has 2 atom stereocenters. The Balaban J connectivity index is 1.57. The van der Waals surface area contributed by atoms with Crippen LogP contribution in [-0.4, -0.2) is 63.4 Å². The van der Waals surface area contributed by atoms with Crippen LogP contribution in [0.1, 0.15) is 25.7 Å². The van der Waals surface area contributed by atoms with Crippen LogP contribution in [0.15, 0.2) is 0 Å². The minimum absolute atomic E-state index is 0.591. The van der Waals surface area contributed by atoms with Crippen molar-refractivity contribution in [2.24, 2.45) is 0 Å². The molecule has 2 aliphatic heterocycles. The Bertz CT molecular complexity index is 207. The van der Waals surface area contributed by atoms with Gasteiger partial charge in [0.15, 0.2) is 0 Å². The average molecular weight is 241 g/mol. The van der Waals surface area contributed by atoms with Crippen LogP contribution < -0.4 is 10.6 Å². The Morgan fingerprint density at radius 3 is 2.88 bits per heavy atom. The second-order valence-corrected chi connectivity index (χ2v) is 5.30. The zero-order valence-electron chi connectivity index (χ0n) is 11.1. The predicted molar refractivity (Wildman–Crippen MR) is 70.4 cm³/mol. The SMILES string of the molecule is CNC1CCCN(CCNC2CCCOC2)C1. The van der Waals surface area contributed by atoms with Gasteiger partial charge in [-0.1, -0.05) is 0 Å². The van der Waals surface area contributed by atoms with Gasteiger partial charge in [0, 0.05) is 38.3 Å². The van der Waals surface area contributed by atoms with E-state index in [1.165, 1.54) is 45.3 Å². The van der Waals surface area contributed by atoms with Crippen molar-refractivity contribution < 1.29 is 4.74 Å². The van der Waals surface area contributed by atoms with Crippen molar-refractivity contribution in [3.8, 4) is 0 Å². The highest BCUT2D eigenvalue weighted by Crippen LogP contribution is 2.09. The molecular weight excluding hydrogens is 214 g/mol. The van der Waals surface area contributed by atoms with Gasteiger partial charge in [0.1, 0.15) is 0 Å². The van der Waals surface area contributed by atoms with Gasteiger partial charge in [-0.2, -0.15) is 0 Å². The van der Waals surface area contributed by atoms with Gasteiger partial charge in [-0.3, -0.25) is 0 Å². The third-order valence-corrected chi connectivity index (χ3v) is 3.94. The minimum Gasteiger partial charge on any atom is -0.380 e. The number of likely N-dealkylation sites (tertiary alicyclic amines) is 1. The molecule has 2 saturated heterocycles. The molecule has 0 bridgehead atoms. The van der Waals surface area contributed by atoms with Crippen LogP contribution in [0.2, 0.25) is 0 Å². The van der Waals surface area contributed by atoms with Gasteiger partial charge in [-0.25, -0.2) is 0 Å². The maximum Gasteiger partial charge on any atom is 0.0619 e. The molecule has 2 N–H and O–H groups in total. The predicted octanol–water partition coefficient (Wildman–Crippen LogP) is 0.439. The summed E-state index contributed by atoms with van der Waals surface area (Å²) in [6.45, 7) is 6.60. The zero-order chi connectivity index (χ0) is 11.9. The van der Waals surface area contributed by atoms with Crippen molar-refractivity contribution in [3.63, 3.8) is 0 Å². The van der Waals surface area contributed by atoms with E-state index in [-0.39, 0.29) is 0 Å². The smallest absolute Gasteiger partial charge is 0.0619 e. The topological polar surface area (TPSA) is 36.5 Å². The lowest BCUT2D eigenvalue weighted by atomic mass is 10.1. The summed E-state index contributed by atoms with van der Waals surface area (Å²) in [7, 11) is 2.08. The summed E-state index contributed by atoms with van der Waals surface area (Å²) >= 11 is 0. The molecule has 0 aromatic rings. The molecule has 4 nitrogen and oxygen atoms in total. The fourth-order valence-corrected chi connectivity index (χ4v) is 2.82. The highest BCUT2D eigenvalue weighted by atomic mass is 16.5. The van der Waals surface area contributed by atoms with Crippen molar-refractivity contribution in [1.82, 2.24) is 15.5 Å². The van der Waals surface area contributed by atoms with E-state index in [9.17, 15) is 0 Å². The Kier molecular flexibility index (Phi) is 5.71. The second kappa shape index (κ2) is 7.31. The molecule has 100 valence electrons. The highest BCUT2D eigenvalue weighted by Gasteiger charge is 2.18. The van der Waals surface area contributed by atoms with E-state index in [0.717, 1.165) is 19.8 Å². The molecule has 0 amide bonds. The summed E-state index contributed by atoms with van der Waals surface area (Å²) in [5.41, 5.74) is 0. The second-order valence-electron chi connectivity index (χ2n) is 5.30. The summed E-state index contributed by atoms with van der Waals surface area (Å²) in [6, 6.07) is 1.29. The lowest BCUT2D eigenvalue weighted by molar-refractivity contribution is 0.0689. The van der Waals surface area contributed by atoms with Crippen LogP contribution in [0.5, 0.6) is 0 Å². The largest absolute Gasteiger partial charge is 0.380 e. The molecular formula is C13H27N3O. The molecule has 2 aliphatic rings. The summed E-state index contributed by atoms with van der Waals surface area (Å²) < 4.78 is 5.47. The number of nitrogens with one attached hydrogen (secondary N) is 2. The first-order valence-corrected chi connectivity index (χ1v) is 7.09. The molecule has 2 fully saturated rings. The average Bonchev–Trinajstić information content (AvgIpc) is 2.40. The van der Waals surface area contributed by atoms with E-state index in [2.05, 4.69) is 22.6 Å². The summed E-state index contributed by atoms with van der Waals surface area (Å²) in [5.74, 6) is 0. The normalized spacial score (nSPS) is 31.6. The molecule has 0 aliphatic carbocycles. The first-order chi connectivity index (χ1) is 8.38. The molecule has 17 heavy (non-hydrogen) atoms. The molecule has 0 saturated carbocycles. The number of hydrogen-bond donors (Lipinski definition) is 2. The van der Waals surface area contributed by atoms with Gasteiger partial charge in [0.25, 0.3) is 0 Å². The Morgan fingerprint density at radius 1 is 1.24 bits per heavy atom. The van der Waals surface area contributed by atoms with Gasteiger partial charge in [-0.15, -0.1) is 0 Å². The van der Waals surface area contributed by atoms with Crippen LogP contribution in [-0.2, 0) is 4.74 Å². The standard InChI is InChI=1S/C13H27N3O/c1-14-12-4-2-7-16(10-12)8-6-15-13-5-3-9-17-11-13/h12-15H,2-11H2,1H3. The quantitative estimate of drug-likeness (QED) is 0.732. The van der Waals surface area contributed by atoms with E-state index in [0.29, 0.717) is 12.1 Å². The molecule has 2 heterocycles.